The van der Waals surface area contributed by atoms with Crippen LogP contribution in [0.5, 0.6) is 0 Å². The molecule has 1 aromatic rings. The third-order valence-corrected chi connectivity index (χ3v) is 4.50. The van der Waals surface area contributed by atoms with E-state index in [4.69, 9.17) is 0 Å². The zero-order valence-corrected chi connectivity index (χ0v) is 15.6. The second-order valence-corrected chi connectivity index (χ2v) is 5.68. The third-order valence-electron chi connectivity index (χ3n) is 4.50. The number of aromatic nitrogens is 2. The van der Waals surface area contributed by atoms with E-state index in [1.54, 1.807) is 10.9 Å². The molecule has 1 N–H and O–H groups in total. The molecule has 2 aliphatic heterocycles. The molecule has 0 unspecified atom stereocenters. The van der Waals surface area contributed by atoms with Crippen molar-refractivity contribution in [1.29, 1.82) is 0 Å². The van der Waals surface area contributed by atoms with E-state index in [1.807, 2.05) is 27.7 Å². The van der Waals surface area contributed by atoms with Crippen LogP contribution in [0.3, 0.4) is 0 Å². The van der Waals surface area contributed by atoms with Gasteiger partial charge in [-0.3, -0.25) is 14.8 Å². The molecule has 0 amide bonds. The summed E-state index contributed by atoms with van der Waals surface area (Å²) < 4.78 is 1.78. The van der Waals surface area contributed by atoms with Crippen molar-refractivity contribution in [1.82, 2.24) is 20.0 Å². The lowest BCUT2D eigenvalue weighted by Gasteiger charge is -2.39. The van der Waals surface area contributed by atoms with Crippen LogP contribution in [0, 0.1) is 10.1 Å². The quantitative estimate of drug-likeness (QED) is 0.676. The first kappa shape index (κ1) is 20.6. The summed E-state index contributed by atoms with van der Waals surface area (Å²) in [7, 11) is 0. The Balaban J connectivity index is 0.000000671. The Morgan fingerprint density at radius 2 is 1.67 bits per heavy atom. The van der Waals surface area contributed by atoms with Gasteiger partial charge in [-0.05, 0) is 38.8 Å². The van der Waals surface area contributed by atoms with Gasteiger partial charge in [-0.25, -0.2) is 0 Å². The van der Waals surface area contributed by atoms with Crippen molar-refractivity contribution < 1.29 is 4.92 Å². The van der Waals surface area contributed by atoms with Gasteiger partial charge in [-0.15, -0.1) is 0 Å². The maximum Gasteiger partial charge on any atom is 0.307 e. The first-order chi connectivity index (χ1) is 11.7. The van der Waals surface area contributed by atoms with Crippen LogP contribution in [-0.4, -0.2) is 51.8 Å². The Bertz CT molecular complexity index is 463. The monoisotopic (exact) mass is 339 g/mol. The maximum atomic E-state index is 10.7. The van der Waals surface area contributed by atoms with Gasteiger partial charge >= 0.3 is 5.69 Å². The second-order valence-electron chi connectivity index (χ2n) is 5.68. The molecule has 0 atom stereocenters. The van der Waals surface area contributed by atoms with Gasteiger partial charge in [0.15, 0.2) is 0 Å². The van der Waals surface area contributed by atoms with Gasteiger partial charge in [0.1, 0.15) is 12.4 Å². The van der Waals surface area contributed by atoms with Crippen LogP contribution in [0.2, 0.25) is 0 Å². The summed E-state index contributed by atoms with van der Waals surface area (Å²) in [6, 6.07) is 1.02. The summed E-state index contributed by atoms with van der Waals surface area (Å²) in [5.41, 5.74) is 0.0887. The summed E-state index contributed by atoms with van der Waals surface area (Å²) in [5.74, 6) is 0. The van der Waals surface area contributed by atoms with E-state index in [-0.39, 0.29) is 10.6 Å². The summed E-state index contributed by atoms with van der Waals surface area (Å²) >= 11 is 0. The van der Waals surface area contributed by atoms with Crippen molar-refractivity contribution >= 4 is 5.69 Å². The first-order valence-corrected chi connectivity index (χ1v) is 9.37. The molecular formula is C17H33N5O2. The zero-order valence-electron chi connectivity index (χ0n) is 15.6. The average Bonchev–Trinajstić information content (AvgIpc) is 3.16. The van der Waals surface area contributed by atoms with Crippen molar-refractivity contribution in [2.45, 2.75) is 65.5 Å². The molecule has 0 spiro atoms. The second kappa shape index (κ2) is 11.1. The van der Waals surface area contributed by atoms with Crippen LogP contribution >= 0.6 is 0 Å². The van der Waals surface area contributed by atoms with Crippen LogP contribution in [0.25, 0.3) is 0 Å². The first-order valence-electron chi connectivity index (χ1n) is 9.37. The summed E-state index contributed by atoms with van der Waals surface area (Å²) in [6.45, 7) is 12.4. The van der Waals surface area contributed by atoms with E-state index in [1.165, 1.54) is 19.0 Å². The molecule has 7 heteroatoms. The number of nitrogens with one attached hydrogen (secondary N) is 1. The van der Waals surface area contributed by atoms with Crippen LogP contribution in [0.15, 0.2) is 12.4 Å². The van der Waals surface area contributed by atoms with Gasteiger partial charge < -0.3 is 10.2 Å². The largest absolute Gasteiger partial charge is 0.317 e. The Labute approximate surface area is 145 Å². The Morgan fingerprint density at radius 1 is 1.08 bits per heavy atom. The minimum atomic E-state index is -0.381. The molecule has 0 saturated carbocycles. The van der Waals surface area contributed by atoms with E-state index >= 15 is 0 Å². The highest BCUT2D eigenvalue weighted by molar-refractivity contribution is 5.21. The molecular weight excluding hydrogens is 306 g/mol. The minimum Gasteiger partial charge on any atom is -0.317 e. The highest BCUT2D eigenvalue weighted by atomic mass is 16.6. The molecule has 0 bridgehead atoms. The molecule has 24 heavy (non-hydrogen) atoms. The van der Waals surface area contributed by atoms with Crippen LogP contribution in [0.4, 0.5) is 5.69 Å². The highest BCUT2D eigenvalue weighted by Crippen LogP contribution is 2.26. The van der Waals surface area contributed by atoms with Crippen molar-refractivity contribution in [2.24, 2.45) is 0 Å². The lowest BCUT2D eigenvalue weighted by atomic mass is 9.99. The molecule has 138 valence electrons. The Kier molecular flexibility index (Phi) is 9.56. The molecule has 2 saturated heterocycles. The van der Waals surface area contributed by atoms with Crippen molar-refractivity contribution in [3.63, 3.8) is 0 Å². The normalized spacial score (nSPS) is 19.7. The number of nitro groups is 1. The fraction of sp³-hybridized carbons (Fsp3) is 0.824. The number of piperidine rings is 2. The van der Waals surface area contributed by atoms with Gasteiger partial charge in [0.05, 0.1) is 11.0 Å². The van der Waals surface area contributed by atoms with Gasteiger partial charge in [0.25, 0.3) is 0 Å². The van der Waals surface area contributed by atoms with E-state index in [9.17, 15) is 10.1 Å². The van der Waals surface area contributed by atoms with E-state index in [0.717, 1.165) is 39.0 Å². The zero-order chi connectivity index (χ0) is 17.9. The standard InChI is InChI=1S/C13H21N5O2.2C2H6/c19-18(20)13-9-15-17(10-13)12-3-7-16(8-4-12)11-1-5-14-6-2-11;2*1-2/h9-12,14H,1-8H2;2*1-2H3. The van der Waals surface area contributed by atoms with Gasteiger partial charge in [-0.1, -0.05) is 27.7 Å². The number of hydrogen-bond donors (Lipinski definition) is 1. The Hall–Kier alpha value is -1.47. The topological polar surface area (TPSA) is 76.2 Å². The summed E-state index contributed by atoms with van der Waals surface area (Å²) in [4.78, 5) is 12.9. The molecule has 3 heterocycles. The van der Waals surface area contributed by atoms with Crippen LogP contribution in [-0.2, 0) is 0 Å². The SMILES string of the molecule is CC.CC.O=[N+]([O-])c1cnn(C2CCN(C3CCNCC3)CC2)c1. The predicted octanol–water partition coefficient (Wildman–Crippen LogP) is 3.23. The molecule has 0 aromatic carbocycles. The van der Waals surface area contributed by atoms with E-state index < -0.39 is 0 Å². The molecule has 0 radical (unpaired) electrons. The Morgan fingerprint density at radius 3 is 2.17 bits per heavy atom. The molecule has 7 nitrogen and oxygen atoms in total. The fourth-order valence-corrected chi connectivity index (χ4v) is 3.31. The lowest BCUT2D eigenvalue weighted by Crippen LogP contribution is -2.46. The molecule has 2 fully saturated rings. The van der Waals surface area contributed by atoms with Gasteiger partial charge in [0, 0.05) is 19.1 Å². The lowest BCUT2D eigenvalue weighted by molar-refractivity contribution is -0.385. The summed E-state index contributed by atoms with van der Waals surface area (Å²) in [5, 5.41) is 18.2. The fourth-order valence-electron chi connectivity index (χ4n) is 3.31. The van der Waals surface area contributed by atoms with E-state index in [2.05, 4.69) is 15.3 Å². The number of rotatable bonds is 3. The molecule has 1 aromatic heterocycles. The van der Waals surface area contributed by atoms with Crippen molar-refractivity contribution in [2.75, 3.05) is 26.2 Å². The minimum absolute atomic E-state index is 0.0887. The third kappa shape index (κ3) is 5.56. The summed E-state index contributed by atoms with van der Waals surface area (Å²) in [6.07, 6.45) is 7.44. The van der Waals surface area contributed by atoms with Crippen LogP contribution in [0.1, 0.15) is 59.4 Å². The highest BCUT2D eigenvalue weighted by Gasteiger charge is 2.27. The van der Waals surface area contributed by atoms with Crippen molar-refractivity contribution in [3.8, 4) is 0 Å². The van der Waals surface area contributed by atoms with E-state index in [0.29, 0.717) is 12.1 Å². The van der Waals surface area contributed by atoms with Gasteiger partial charge in [-0.2, -0.15) is 5.10 Å². The number of likely N-dealkylation sites (tertiary alicyclic amines) is 1. The molecule has 3 rings (SSSR count). The molecule has 2 aliphatic rings. The maximum absolute atomic E-state index is 10.7. The van der Waals surface area contributed by atoms with Crippen molar-refractivity contribution in [3.05, 3.63) is 22.5 Å². The smallest absolute Gasteiger partial charge is 0.307 e. The average molecular weight is 339 g/mol. The number of hydrogen-bond acceptors (Lipinski definition) is 5. The predicted molar refractivity (Wildman–Crippen MR) is 97.3 cm³/mol. The number of nitrogens with zero attached hydrogens (tertiary/aromatic N) is 4. The molecule has 0 aliphatic carbocycles. The van der Waals surface area contributed by atoms with Gasteiger partial charge in [0.2, 0.25) is 0 Å². The van der Waals surface area contributed by atoms with Crippen LogP contribution < -0.4 is 5.32 Å².